The zero-order valence-electron chi connectivity index (χ0n) is 14.3. The van der Waals surface area contributed by atoms with Crippen molar-refractivity contribution in [3.05, 3.63) is 12.2 Å². The first kappa shape index (κ1) is 20.2. The molecule has 0 rings (SSSR count). The average Bonchev–Trinajstić information content (AvgIpc) is 2.45. The smallest absolute Gasteiger partial charge is 0.327 e. The Bertz CT molecular complexity index is 258. The second-order valence-electron chi connectivity index (χ2n) is 6.39. The zero-order chi connectivity index (χ0) is 15.8. The average molecular weight is 296 g/mol. The van der Waals surface area contributed by atoms with Gasteiger partial charge in [-0.15, -0.1) is 0 Å². The maximum absolute atomic E-state index is 10.3. The van der Waals surface area contributed by atoms with E-state index in [0.717, 1.165) is 18.8 Å². The van der Waals surface area contributed by atoms with Crippen LogP contribution in [0.1, 0.15) is 97.3 Å². The van der Waals surface area contributed by atoms with E-state index in [4.69, 9.17) is 5.11 Å². The summed E-state index contributed by atoms with van der Waals surface area (Å²) in [6.45, 7) is 4.64. The summed E-state index contributed by atoms with van der Waals surface area (Å²) in [5.74, 6) is 0.0218. The monoisotopic (exact) mass is 296 g/mol. The fourth-order valence-electron chi connectivity index (χ4n) is 2.71. The third kappa shape index (κ3) is 17.2. The fourth-order valence-corrected chi connectivity index (χ4v) is 2.71. The van der Waals surface area contributed by atoms with E-state index >= 15 is 0 Å². The molecule has 1 atom stereocenters. The van der Waals surface area contributed by atoms with Crippen LogP contribution in [0.25, 0.3) is 0 Å². The molecule has 0 saturated carbocycles. The van der Waals surface area contributed by atoms with E-state index in [-0.39, 0.29) is 0 Å². The molecule has 2 heteroatoms. The first-order valence-electron chi connectivity index (χ1n) is 9.06. The molecule has 0 spiro atoms. The molecule has 0 fully saturated rings. The molecule has 2 nitrogen and oxygen atoms in total. The molecule has 0 aromatic carbocycles. The van der Waals surface area contributed by atoms with Crippen molar-refractivity contribution in [2.45, 2.75) is 97.3 Å². The Hall–Kier alpha value is -0.790. The Kier molecular flexibility index (Phi) is 15.0. The molecule has 1 N–H and O–H groups in total. The van der Waals surface area contributed by atoms with Crippen molar-refractivity contribution in [2.24, 2.45) is 5.92 Å². The zero-order valence-corrected chi connectivity index (χ0v) is 14.3. The summed E-state index contributed by atoms with van der Waals surface area (Å²) in [5, 5.41) is 8.47. The molecule has 124 valence electrons. The van der Waals surface area contributed by atoms with Crippen LogP contribution in [0.2, 0.25) is 0 Å². The van der Waals surface area contributed by atoms with Gasteiger partial charge in [0.2, 0.25) is 0 Å². The standard InChI is InChI=1S/C19H36O2/c1-3-4-5-6-7-9-12-15-18(2)16-13-10-8-11-14-17-19(20)21/h14,17-18H,3-13,15-16H2,1-2H3,(H,20,21)/b17-14-. The molecule has 0 aliphatic carbocycles. The van der Waals surface area contributed by atoms with Gasteiger partial charge in [0, 0.05) is 6.08 Å². The number of unbranched alkanes of at least 4 members (excludes halogenated alkanes) is 9. The summed E-state index contributed by atoms with van der Waals surface area (Å²) in [7, 11) is 0. The van der Waals surface area contributed by atoms with Gasteiger partial charge in [-0.05, 0) is 18.8 Å². The summed E-state index contributed by atoms with van der Waals surface area (Å²) in [6, 6.07) is 0. The van der Waals surface area contributed by atoms with Crippen LogP contribution >= 0.6 is 0 Å². The second-order valence-corrected chi connectivity index (χ2v) is 6.39. The first-order chi connectivity index (χ1) is 10.2. The van der Waals surface area contributed by atoms with Crippen molar-refractivity contribution in [1.82, 2.24) is 0 Å². The first-order valence-corrected chi connectivity index (χ1v) is 9.06. The highest BCUT2D eigenvalue weighted by Gasteiger charge is 2.01. The maximum atomic E-state index is 10.3. The van der Waals surface area contributed by atoms with Gasteiger partial charge in [-0.2, -0.15) is 0 Å². The molecule has 0 bridgehead atoms. The number of rotatable bonds is 15. The van der Waals surface area contributed by atoms with Gasteiger partial charge in [-0.1, -0.05) is 90.6 Å². The van der Waals surface area contributed by atoms with Gasteiger partial charge in [0.05, 0.1) is 0 Å². The number of carboxylic acids is 1. The SMILES string of the molecule is CCCCCCCCCC(C)CCCCC/C=C\C(=O)O. The highest BCUT2D eigenvalue weighted by Crippen LogP contribution is 2.18. The highest BCUT2D eigenvalue weighted by atomic mass is 16.4. The summed E-state index contributed by atoms with van der Waals surface area (Å²) in [4.78, 5) is 10.3. The predicted octanol–water partition coefficient (Wildman–Crippen LogP) is 6.35. The van der Waals surface area contributed by atoms with Crippen LogP contribution in [0.3, 0.4) is 0 Å². The third-order valence-corrected chi connectivity index (χ3v) is 4.13. The number of carbonyl (C=O) groups is 1. The van der Waals surface area contributed by atoms with E-state index < -0.39 is 5.97 Å². The molecule has 0 amide bonds. The van der Waals surface area contributed by atoms with E-state index in [1.807, 2.05) is 0 Å². The fraction of sp³-hybridized carbons (Fsp3) is 0.842. The molecule has 1 unspecified atom stereocenters. The van der Waals surface area contributed by atoms with Crippen molar-refractivity contribution in [3.63, 3.8) is 0 Å². The van der Waals surface area contributed by atoms with Crippen LogP contribution in [-0.4, -0.2) is 11.1 Å². The van der Waals surface area contributed by atoms with Gasteiger partial charge < -0.3 is 5.11 Å². The van der Waals surface area contributed by atoms with Gasteiger partial charge in [0.25, 0.3) is 0 Å². The Labute approximate surface area is 132 Å². The second kappa shape index (κ2) is 15.6. The molecule has 0 aromatic heterocycles. The minimum atomic E-state index is -0.835. The lowest BCUT2D eigenvalue weighted by Gasteiger charge is -2.10. The minimum absolute atomic E-state index is 0.835. The van der Waals surface area contributed by atoms with Gasteiger partial charge in [-0.25, -0.2) is 4.79 Å². The summed E-state index contributed by atoms with van der Waals surface area (Å²) < 4.78 is 0. The van der Waals surface area contributed by atoms with Crippen LogP contribution in [-0.2, 0) is 4.79 Å². The summed E-state index contributed by atoms with van der Waals surface area (Å²) in [6.07, 6.45) is 20.1. The Balaban J connectivity index is 3.23. The van der Waals surface area contributed by atoms with Gasteiger partial charge >= 0.3 is 5.97 Å². The molecular weight excluding hydrogens is 260 g/mol. The summed E-state index contributed by atoms with van der Waals surface area (Å²) in [5.41, 5.74) is 0. The molecule has 0 radical (unpaired) electrons. The third-order valence-electron chi connectivity index (χ3n) is 4.13. The maximum Gasteiger partial charge on any atom is 0.327 e. The van der Waals surface area contributed by atoms with Crippen LogP contribution in [0, 0.1) is 5.92 Å². The van der Waals surface area contributed by atoms with Crippen molar-refractivity contribution >= 4 is 5.97 Å². The van der Waals surface area contributed by atoms with E-state index in [1.165, 1.54) is 76.7 Å². The van der Waals surface area contributed by atoms with Gasteiger partial charge in [0.1, 0.15) is 0 Å². The quantitative estimate of drug-likeness (QED) is 0.282. The van der Waals surface area contributed by atoms with Gasteiger partial charge in [-0.3, -0.25) is 0 Å². The Morgan fingerprint density at radius 2 is 1.43 bits per heavy atom. The van der Waals surface area contributed by atoms with E-state index in [9.17, 15) is 4.79 Å². The molecule has 0 saturated heterocycles. The van der Waals surface area contributed by atoms with Crippen molar-refractivity contribution in [3.8, 4) is 0 Å². The molecule has 0 aromatic rings. The molecule has 0 heterocycles. The Morgan fingerprint density at radius 1 is 0.905 bits per heavy atom. The van der Waals surface area contributed by atoms with E-state index in [0.29, 0.717) is 0 Å². The van der Waals surface area contributed by atoms with Crippen LogP contribution < -0.4 is 0 Å². The molecule has 21 heavy (non-hydrogen) atoms. The number of carboxylic acid groups (broad SMARTS) is 1. The van der Waals surface area contributed by atoms with Crippen molar-refractivity contribution < 1.29 is 9.90 Å². The van der Waals surface area contributed by atoms with Crippen LogP contribution in [0.15, 0.2) is 12.2 Å². The van der Waals surface area contributed by atoms with E-state index in [1.54, 1.807) is 6.08 Å². The van der Waals surface area contributed by atoms with Crippen LogP contribution in [0.4, 0.5) is 0 Å². The molecule has 0 aliphatic heterocycles. The highest BCUT2D eigenvalue weighted by molar-refractivity contribution is 5.79. The molecule has 0 aliphatic rings. The summed E-state index contributed by atoms with van der Waals surface area (Å²) >= 11 is 0. The normalized spacial score (nSPS) is 12.9. The number of hydrogen-bond acceptors (Lipinski definition) is 1. The van der Waals surface area contributed by atoms with Crippen LogP contribution in [0.5, 0.6) is 0 Å². The Morgan fingerprint density at radius 3 is 2.00 bits per heavy atom. The lowest BCUT2D eigenvalue weighted by molar-refractivity contribution is -0.131. The lowest BCUT2D eigenvalue weighted by atomic mass is 9.96. The predicted molar refractivity (Wildman–Crippen MR) is 91.6 cm³/mol. The number of hydrogen-bond donors (Lipinski definition) is 1. The van der Waals surface area contributed by atoms with E-state index in [2.05, 4.69) is 13.8 Å². The molecular formula is C19H36O2. The van der Waals surface area contributed by atoms with Crippen molar-refractivity contribution in [1.29, 1.82) is 0 Å². The number of aliphatic carboxylic acids is 1. The largest absolute Gasteiger partial charge is 0.478 e. The van der Waals surface area contributed by atoms with Crippen molar-refractivity contribution in [2.75, 3.05) is 0 Å². The lowest BCUT2D eigenvalue weighted by Crippen LogP contribution is -1.95. The topological polar surface area (TPSA) is 37.3 Å². The van der Waals surface area contributed by atoms with Gasteiger partial charge in [0.15, 0.2) is 0 Å². The number of allylic oxidation sites excluding steroid dienone is 1. The minimum Gasteiger partial charge on any atom is -0.478 e.